The molecule has 180 valence electrons. The average molecular weight is 570 g/mol. The first-order valence-corrected chi connectivity index (χ1v) is 24.9. The summed E-state index contributed by atoms with van der Waals surface area (Å²) in [5.74, 6) is 0. The number of hydrogen-bond donors (Lipinski definition) is 0. The highest BCUT2D eigenvalue weighted by Gasteiger charge is 2.72. The number of halogens is 2. The topological polar surface area (TPSA) is 0 Å². The fourth-order valence-corrected chi connectivity index (χ4v) is 113. The lowest BCUT2D eigenvalue weighted by molar-refractivity contribution is 0.552. The minimum Gasteiger partial charge on any atom is -0.176 e. The summed E-state index contributed by atoms with van der Waals surface area (Å²) in [6, 6.07) is 0. The van der Waals surface area contributed by atoms with Gasteiger partial charge in [-0.2, -0.15) is 11.1 Å². The zero-order valence-corrected chi connectivity index (χ0v) is 30.1. The molecule has 0 aromatic carbocycles. The Balaban J connectivity index is 7.55. The van der Waals surface area contributed by atoms with Gasteiger partial charge < -0.3 is 0 Å². The summed E-state index contributed by atoms with van der Waals surface area (Å²) < 4.78 is 0. The van der Waals surface area contributed by atoms with Gasteiger partial charge in [0.25, 0.3) is 0 Å². The Morgan fingerprint density at radius 2 is 0.600 bits per heavy atom. The lowest BCUT2D eigenvalue weighted by Crippen LogP contribution is -2.79. The fraction of sp³-hybridized carbons (Fsp3) is 1.00. The van der Waals surface area contributed by atoms with Crippen molar-refractivity contribution in [3.05, 3.63) is 0 Å². The van der Waals surface area contributed by atoms with E-state index in [-0.39, 0.29) is 30.2 Å². The molecule has 0 aliphatic carbocycles. The molecule has 0 unspecified atom stereocenters. The third kappa shape index (κ3) is 4.74. The van der Waals surface area contributed by atoms with Gasteiger partial charge in [0, 0.05) is 0 Å². The monoisotopic (exact) mass is 568 g/mol. The SMILES string of the molecule is CC(C)(C)[Si]([Si](Cl)[Si](Br)[Si](C(C)(C)C)(C(C)(C)C)C(C)(C)C)(C(C)(C)C)C(C)(C)C. The van der Waals surface area contributed by atoms with Crippen molar-refractivity contribution in [3.63, 3.8) is 0 Å². The highest BCUT2D eigenvalue weighted by atomic mass is 79.9. The molecule has 0 nitrogen and oxygen atoms in total. The Hall–Kier alpha value is 1.64. The fourth-order valence-electron chi connectivity index (χ4n) is 9.05. The Kier molecular flexibility index (Phi) is 9.17. The Morgan fingerprint density at radius 3 is 0.733 bits per heavy atom. The molecule has 0 amide bonds. The maximum absolute atomic E-state index is 8.11. The van der Waals surface area contributed by atoms with Gasteiger partial charge in [-0.1, -0.05) is 125 Å². The second-order valence-corrected chi connectivity index (χ2v) is 52.2. The highest BCUT2D eigenvalue weighted by Crippen LogP contribution is 2.68. The zero-order valence-electron chi connectivity index (χ0n) is 23.8. The van der Waals surface area contributed by atoms with Crippen LogP contribution in [-0.4, -0.2) is 28.8 Å². The Morgan fingerprint density at radius 1 is 0.433 bits per heavy atom. The summed E-state index contributed by atoms with van der Waals surface area (Å²) in [5, 5.41) is 1.57. The molecular formula is C24H54BrClSi4. The van der Waals surface area contributed by atoms with Crippen molar-refractivity contribution in [1.82, 2.24) is 0 Å². The molecule has 2 radical (unpaired) electrons. The smallest absolute Gasteiger partial charge is 0.154 e. The van der Waals surface area contributed by atoms with Gasteiger partial charge in [-0.15, -0.1) is 15.3 Å². The predicted octanol–water partition coefficient (Wildman–Crippen LogP) is 10.5. The second-order valence-electron chi connectivity index (χ2n) is 15.6. The molecule has 0 bridgehead atoms. The van der Waals surface area contributed by atoms with Gasteiger partial charge in [0.15, 0.2) is 7.14 Å². The second kappa shape index (κ2) is 8.69. The molecule has 6 heteroatoms. The van der Waals surface area contributed by atoms with Gasteiger partial charge >= 0.3 is 0 Å². The van der Waals surface area contributed by atoms with Crippen molar-refractivity contribution in [1.29, 1.82) is 0 Å². The molecule has 0 aliphatic rings. The van der Waals surface area contributed by atoms with Gasteiger partial charge in [0.1, 0.15) is 6.45 Å². The van der Waals surface area contributed by atoms with E-state index in [1.54, 1.807) is 0 Å². The van der Waals surface area contributed by atoms with Crippen LogP contribution in [0.4, 0.5) is 0 Å². The molecule has 0 saturated carbocycles. The summed E-state index contributed by atoms with van der Waals surface area (Å²) in [6.45, 7) is 44.4. The van der Waals surface area contributed by atoms with Gasteiger partial charge in [0.05, 0.1) is 15.2 Å². The van der Waals surface area contributed by atoms with E-state index in [0.29, 0.717) is 0 Å². The van der Waals surface area contributed by atoms with Crippen molar-refractivity contribution < 1.29 is 0 Å². The first-order chi connectivity index (χ1) is 12.6. The van der Waals surface area contributed by atoms with Crippen molar-refractivity contribution >= 4 is 55.1 Å². The van der Waals surface area contributed by atoms with E-state index < -0.39 is 28.8 Å². The first-order valence-electron chi connectivity index (χ1n) is 11.6. The third-order valence-corrected chi connectivity index (χ3v) is 74.9. The summed E-state index contributed by atoms with van der Waals surface area (Å²) in [6.07, 6.45) is 0. The van der Waals surface area contributed by atoms with Crippen LogP contribution in [0.25, 0.3) is 0 Å². The van der Waals surface area contributed by atoms with Crippen molar-refractivity contribution in [2.45, 2.75) is 155 Å². The van der Waals surface area contributed by atoms with E-state index in [0.717, 1.165) is 0 Å². The molecule has 0 spiro atoms. The van der Waals surface area contributed by atoms with Crippen LogP contribution in [0, 0.1) is 0 Å². The molecule has 0 heterocycles. The number of rotatable bonds is 3. The van der Waals surface area contributed by atoms with Crippen molar-refractivity contribution in [2.75, 3.05) is 0 Å². The predicted molar refractivity (Wildman–Crippen MR) is 156 cm³/mol. The summed E-state index contributed by atoms with van der Waals surface area (Å²) >= 11 is 12.7. The molecular weight excluding hydrogens is 516 g/mol. The third-order valence-electron chi connectivity index (χ3n) is 7.60. The Labute approximate surface area is 209 Å². The lowest BCUT2D eigenvalue weighted by Gasteiger charge is -2.67. The molecule has 0 saturated heterocycles. The maximum Gasteiger partial charge on any atom is 0.154 e. The van der Waals surface area contributed by atoms with E-state index in [1.807, 2.05) is 0 Å². The van der Waals surface area contributed by atoms with Gasteiger partial charge in [-0.3, -0.25) is 0 Å². The van der Waals surface area contributed by atoms with Gasteiger partial charge in [-0.25, -0.2) is 0 Å². The van der Waals surface area contributed by atoms with Gasteiger partial charge in [-0.05, 0) is 30.2 Å². The Bertz CT molecular complexity index is 464. The minimum atomic E-state index is -2.01. The first kappa shape index (κ1) is 31.6. The summed E-state index contributed by atoms with van der Waals surface area (Å²) in [5.41, 5.74) is 0. The highest BCUT2D eigenvalue weighted by molar-refractivity contribution is 9.28. The lowest BCUT2D eigenvalue weighted by atomic mass is 10.2. The quantitative estimate of drug-likeness (QED) is 0.234. The van der Waals surface area contributed by atoms with E-state index in [9.17, 15) is 0 Å². The van der Waals surface area contributed by atoms with Crippen LogP contribution in [0.3, 0.4) is 0 Å². The molecule has 0 aliphatic heterocycles. The molecule has 0 rings (SSSR count). The van der Waals surface area contributed by atoms with Crippen LogP contribution in [0.1, 0.15) is 125 Å². The molecule has 0 aromatic heterocycles. The van der Waals surface area contributed by atoms with Crippen LogP contribution in [-0.2, 0) is 0 Å². The van der Waals surface area contributed by atoms with Crippen LogP contribution in [0.15, 0.2) is 0 Å². The van der Waals surface area contributed by atoms with Crippen LogP contribution in [0.5, 0.6) is 0 Å². The molecule has 0 atom stereocenters. The van der Waals surface area contributed by atoms with E-state index >= 15 is 0 Å². The van der Waals surface area contributed by atoms with E-state index in [4.69, 9.17) is 11.1 Å². The van der Waals surface area contributed by atoms with Crippen molar-refractivity contribution in [3.8, 4) is 0 Å². The largest absolute Gasteiger partial charge is 0.176 e. The molecule has 0 N–H and O–H groups in total. The van der Waals surface area contributed by atoms with Crippen LogP contribution >= 0.6 is 26.4 Å². The van der Waals surface area contributed by atoms with E-state index in [1.165, 1.54) is 0 Å². The molecule has 30 heavy (non-hydrogen) atoms. The number of hydrogen-bond acceptors (Lipinski definition) is 0. The molecule has 0 aromatic rings. The summed E-state index contributed by atoms with van der Waals surface area (Å²) in [7, 11) is -5.11. The minimum absolute atomic E-state index is 0.247. The summed E-state index contributed by atoms with van der Waals surface area (Å²) in [4.78, 5) is 0. The maximum atomic E-state index is 8.11. The van der Waals surface area contributed by atoms with Crippen molar-refractivity contribution in [2.24, 2.45) is 0 Å². The van der Waals surface area contributed by atoms with Crippen LogP contribution < -0.4 is 0 Å². The standard InChI is InChI=1S/C24H54BrClSi4/c1-19(2,3)29(20(4,5)6,21(7,8)9)27(25)28(26)30(22(10,11)12,23(13,14)15)24(16,17)18/h1-18H3. The van der Waals surface area contributed by atoms with Crippen LogP contribution in [0.2, 0.25) is 30.2 Å². The molecule has 0 fully saturated rings. The van der Waals surface area contributed by atoms with Gasteiger partial charge in [0.2, 0.25) is 0 Å². The van der Waals surface area contributed by atoms with E-state index in [2.05, 4.69) is 140 Å². The zero-order chi connectivity index (χ0) is 25.2. The normalized spacial score (nSPS) is 16.6. The average Bonchev–Trinajstić information content (AvgIpc) is 2.27.